The van der Waals surface area contributed by atoms with Crippen molar-refractivity contribution < 1.29 is 4.79 Å². The highest BCUT2D eigenvalue weighted by Crippen LogP contribution is 2.34. The van der Waals surface area contributed by atoms with Crippen LogP contribution in [0.5, 0.6) is 0 Å². The fourth-order valence-electron chi connectivity index (χ4n) is 2.72. The molecule has 2 heterocycles. The van der Waals surface area contributed by atoms with E-state index in [1.54, 1.807) is 5.38 Å². The minimum Gasteiger partial charge on any atom is -0.330 e. The Balaban J connectivity index is 0.00000176. The quantitative estimate of drug-likeness (QED) is 0.850. The van der Waals surface area contributed by atoms with E-state index >= 15 is 0 Å². The number of carbonyl (C=O) groups excluding carboxylic acids is 1. The van der Waals surface area contributed by atoms with Crippen molar-refractivity contribution in [2.24, 2.45) is 5.73 Å². The summed E-state index contributed by atoms with van der Waals surface area (Å²) >= 11 is 4.94. The summed E-state index contributed by atoms with van der Waals surface area (Å²) in [6, 6.07) is 8.31. The van der Waals surface area contributed by atoms with Crippen LogP contribution in [0.4, 0.5) is 0 Å². The fourth-order valence-corrected chi connectivity index (χ4v) is 3.79. The molecule has 1 unspecified atom stereocenters. The van der Waals surface area contributed by atoms with E-state index in [-0.39, 0.29) is 24.4 Å². The van der Waals surface area contributed by atoms with Crippen LogP contribution >= 0.6 is 39.7 Å². The summed E-state index contributed by atoms with van der Waals surface area (Å²) in [4.78, 5) is 18.9. The molecular formula is C15H17BrClN3OS. The van der Waals surface area contributed by atoms with Crippen LogP contribution < -0.4 is 5.73 Å². The van der Waals surface area contributed by atoms with Gasteiger partial charge in [0.25, 0.3) is 5.91 Å². The van der Waals surface area contributed by atoms with Gasteiger partial charge >= 0.3 is 0 Å². The fraction of sp³-hybridized carbons (Fsp3) is 0.333. The van der Waals surface area contributed by atoms with E-state index in [9.17, 15) is 4.79 Å². The summed E-state index contributed by atoms with van der Waals surface area (Å²) in [5.41, 5.74) is 7.26. The van der Waals surface area contributed by atoms with Crippen LogP contribution in [0.3, 0.4) is 0 Å². The monoisotopic (exact) mass is 401 g/mol. The number of nitrogens with two attached hydrogens (primary N) is 1. The molecule has 1 aliphatic rings. The molecule has 2 N–H and O–H groups in total. The van der Waals surface area contributed by atoms with E-state index < -0.39 is 0 Å². The zero-order valence-corrected chi connectivity index (χ0v) is 15.1. The first-order chi connectivity index (χ1) is 10.2. The first kappa shape index (κ1) is 17.4. The normalized spacial score (nSPS) is 17.4. The molecule has 0 saturated carbocycles. The Morgan fingerprint density at radius 3 is 3.00 bits per heavy atom. The molecule has 1 aromatic carbocycles. The first-order valence-electron chi connectivity index (χ1n) is 6.90. The predicted octanol–water partition coefficient (Wildman–Crippen LogP) is 3.76. The van der Waals surface area contributed by atoms with Gasteiger partial charge in [-0.3, -0.25) is 4.79 Å². The summed E-state index contributed by atoms with van der Waals surface area (Å²) in [6.45, 7) is 1.17. The highest BCUT2D eigenvalue weighted by Gasteiger charge is 2.31. The van der Waals surface area contributed by atoms with Crippen molar-refractivity contribution in [1.29, 1.82) is 0 Å². The minimum atomic E-state index is 0. The van der Waals surface area contributed by atoms with E-state index in [4.69, 9.17) is 5.73 Å². The average molecular weight is 403 g/mol. The molecule has 1 atom stereocenters. The van der Waals surface area contributed by atoms with Crippen molar-refractivity contribution in [3.8, 4) is 0 Å². The number of hydrogen-bond acceptors (Lipinski definition) is 4. The molecule has 0 bridgehead atoms. The van der Waals surface area contributed by atoms with Crippen molar-refractivity contribution in [2.45, 2.75) is 25.4 Å². The lowest BCUT2D eigenvalue weighted by Crippen LogP contribution is -2.30. The van der Waals surface area contributed by atoms with Crippen LogP contribution in [-0.4, -0.2) is 22.3 Å². The molecule has 1 fully saturated rings. The molecule has 1 amide bonds. The third kappa shape index (κ3) is 3.51. The van der Waals surface area contributed by atoms with E-state index in [1.807, 2.05) is 17.0 Å². The molecule has 7 heteroatoms. The Hall–Kier alpha value is -0.950. The van der Waals surface area contributed by atoms with Gasteiger partial charge in [-0.1, -0.05) is 28.1 Å². The molecule has 0 spiro atoms. The third-order valence-corrected chi connectivity index (χ3v) is 5.06. The lowest BCUT2D eigenvalue weighted by Gasteiger charge is -2.24. The molecular weight excluding hydrogens is 386 g/mol. The molecule has 118 valence electrons. The number of aromatic nitrogens is 1. The van der Waals surface area contributed by atoms with Crippen molar-refractivity contribution >= 4 is 45.6 Å². The number of thiazole rings is 1. The lowest BCUT2D eigenvalue weighted by molar-refractivity contribution is 0.0730. The van der Waals surface area contributed by atoms with E-state index in [1.165, 1.54) is 16.9 Å². The van der Waals surface area contributed by atoms with Gasteiger partial charge in [0.1, 0.15) is 10.7 Å². The number of benzene rings is 1. The zero-order valence-electron chi connectivity index (χ0n) is 11.9. The second-order valence-electron chi connectivity index (χ2n) is 5.04. The van der Waals surface area contributed by atoms with Gasteiger partial charge in [-0.15, -0.1) is 23.7 Å². The predicted molar refractivity (Wildman–Crippen MR) is 94.4 cm³/mol. The molecule has 2 aromatic rings. The van der Waals surface area contributed by atoms with Crippen molar-refractivity contribution in [3.05, 3.63) is 50.4 Å². The summed E-state index contributed by atoms with van der Waals surface area (Å²) in [6.07, 6.45) is 2.02. The highest BCUT2D eigenvalue weighted by atomic mass is 79.9. The highest BCUT2D eigenvalue weighted by molar-refractivity contribution is 9.10. The molecule has 3 rings (SSSR count). The van der Waals surface area contributed by atoms with Gasteiger partial charge in [0.15, 0.2) is 0 Å². The molecule has 0 aliphatic carbocycles. The zero-order chi connectivity index (χ0) is 14.8. The van der Waals surface area contributed by atoms with Crippen molar-refractivity contribution in [2.75, 3.05) is 6.54 Å². The van der Waals surface area contributed by atoms with Gasteiger partial charge in [0.05, 0.1) is 6.04 Å². The number of likely N-dealkylation sites (tertiary alicyclic amines) is 1. The maximum atomic E-state index is 12.7. The molecule has 1 aliphatic heterocycles. The number of halogens is 2. The van der Waals surface area contributed by atoms with E-state index in [0.717, 1.165) is 28.9 Å². The van der Waals surface area contributed by atoms with Crippen molar-refractivity contribution in [3.63, 3.8) is 0 Å². The standard InChI is InChI=1S/C15H16BrN3OS.ClH/c16-11-4-1-3-10(7-11)13-5-2-6-19(13)15(20)12-9-21-14(8-17)18-12;/h1,3-4,7,9,13H,2,5-6,8,17H2;1H. The van der Waals surface area contributed by atoms with Crippen LogP contribution in [-0.2, 0) is 6.54 Å². The van der Waals surface area contributed by atoms with Gasteiger partial charge in [0.2, 0.25) is 0 Å². The number of nitrogens with zero attached hydrogens (tertiary/aromatic N) is 2. The number of amides is 1. The van der Waals surface area contributed by atoms with Crippen LogP contribution in [0.15, 0.2) is 34.1 Å². The Morgan fingerprint density at radius 1 is 1.50 bits per heavy atom. The smallest absolute Gasteiger partial charge is 0.273 e. The topological polar surface area (TPSA) is 59.2 Å². The van der Waals surface area contributed by atoms with Gasteiger partial charge < -0.3 is 10.6 Å². The molecule has 1 aromatic heterocycles. The summed E-state index contributed by atoms with van der Waals surface area (Å²) < 4.78 is 1.04. The molecule has 1 saturated heterocycles. The van der Waals surface area contributed by atoms with Crippen LogP contribution in [0.2, 0.25) is 0 Å². The number of rotatable bonds is 3. The average Bonchev–Trinajstić information content (AvgIpc) is 3.15. The largest absolute Gasteiger partial charge is 0.330 e. The third-order valence-electron chi connectivity index (χ3n) is 3.69. The van der Waals surface area contributed by atoms with Gasteiger partial charge in [-0.2, -0.15) is 0 Å². The lowest BCUT2D eigenvalue weighted by atomic mass is 10.0. The van der Waals surface area contributed by atoms with Gasteiger partial charge in [-0.05, 0) is 30.5 Å². The Morgan fingerprint density at radius 2 is 2.32 bits per heavy atom. The molecule has 0 radical (unpaired) electrons. The van der Waals surface area contributed by atoms with Crippen LogP contribution in [0.1, 0.15) is 39.9 Å². The second-order valence-corrected chi connectivity index (χ2v) is 6.90. The summed E-state index contributed by atoms with van der Waals surface area (Å²) in [7, 11) is 0. The maximum absolute atomic E-state index is 12.7. The summed E-state index contributed by atoms with van der Waals surface area (Å²) in [5.74, 6) is 0.00780. The minimum absolute atomic E-state index is 0. The Bertz CT molecular complexity index is 664. The second kappa shape index (κ2) is 7.55. The van der Waals surface area contributed by atoms with Crippen LogP contribution in [0.25, 0.3) is 0 Å². The number of carbonyl (C=O) groups is 1. The van der Waals surface area contributed by atoms with Gasteiger partial charge in [-0.25, -0.2) is 4.98 Å². The SMILES string of the molecule is Cl.NCc1nc(C(=O)N2CCCC2c2cccc(Br)c2)cs1. The number of hydrogen-bond donors (Lipinski definition) is 1. The molecule has 4 nitrogen and oxygen atoms in total. The maximum Gasteiger partial charge on any atom is 0.273 e. The van der Waals surface area contributed by atoms with Crippen LogP contribution in [0, 0.1) is 0 Å². The van der Waals surface area contributed by atoms with Crippen molar-refractivity contribution in [1.82, 2.24) is 9.88 Å². The van der Waals surface area contributed by atoms with E-state index in [2.05, 4.69) is 33.0 Å². The van der Waals surface area contributed by atoms with E-state index in [0.29, 0.717) is 12.2 Å². The van der Waals surface area contributed by atoms with Gasteiger partial charge in [0, 0.05) is 22.9 Å². The summed E-state index contributed by atoms with van der Waals surface area (Å²) in [5, 5.41) is 2.61. The Kier molecular flexibility index (Phi) is 5.97. The molecule has 22 heavy (non-hydrogen) atoms. The Labute approximate surface area is 148 Å². The first-order valence-corrected chi connectivity index (χ1v) is 8.57.